The Hall–Kier alpha value is -3.09. The Bertz CT molecular complexity index is 1240. The summed E-state index contributed by atoms with van der Waals surface area (Å²) < 4.78 is 6.42. The third-order valence-electron chi connectivity index (χ3n) is 6.86. The van der Waals surface area contributed by atoms with E-state index in [1.165, 1.54) is 6.42 Å². The van der Waals surface area contributed by atoms with Gasteiger partial charge in [0.1, 0.15) is 5.69 Å². The summed E-state index contributed by atoms with van der Waals surface area (Å²) in [6.45, 7) is 5.96. The third-order valence-corrected chi connectivity index (χ3v) is 7.91. The molecule has 11 nitrogen and oxygen atoms in total. The van der Waals surface area contributed by atoms with Crippen LogP contribution < -0.4 is 20.0 Å². The molecule has 3 aliphatic rings. The molecular weight excluding hydrogens is 480 g/mol. The molecule has 1 atom stereocenters. The number of rotatable bonds is 5. The molecular formula is C24H30N8O3S. The van der Waals surface area contributed by atoms with Crippen LogP contribution in [-0.4, -0.2) is 89.5 Å². The van der Waals surface area contributed by atoms with Crippen molar-refractivity contribution >= 4 is 50.2 Å². The maximum atomic E-state index is 13.3. The smallest absolute Gasteiger partial charge is 0.274 e. The molecule has 3 aromatic heterocycles. The van der Waals surface area contributed by atoms with E-state index in [2.05, 4.69) is 25.1 Å². The lowest BCUT2D eigenvalue weighted by Gasteiger charge is -2.29. The lowest BCUT2D eigenvalue weighted by Crippen LogP contribution is -2.36. The Kier molecular flexibility index (Phi) is 6.55. The molecule has 0 bridgehead atoms. The van der Waals surface area contributed by atoms with Crippen molar-refractivity contribution in [3.05, 3.63) is 24.0 Å². The van der Waals surface area contributed by atoms with Gasteiger partial charge in [-0.3, -0.25) is 4.79 Å². The Morgan fingerprint density at radius 3 is 2.64 bits per heavy atom. The van der Waals surface area contributed by atoms with Gasteiger partial charge in [-0.2, -0.15) is 4.98 Å². The number of piperidine rings is 1. The van der Waals surface area contributed by atoms with E-state index in [-0.39, 0.29) is 11.6 Å². The number of anilines is 4. The molecule has 3 aromatic rings. The van der Waals surface area contributed by atoms with Gasteiger partial charge in [-0.25, -0.2) is 15.0 Å². The number of nitrogens with zero attached hydrogens (tertiary/aromatic N) is 7. The lowest BCUT2D eigenvalue weighted by molar-refractivity contribution is 0.102. The van der Waals surface area contributed by atoms with Gasteiger partial charge in [0, 0.05) is 45.5 Å². The van der Waals surface area contributed by atoms with E-state index in [9.17, 15) is 9.90 Å². The molecule has 190 valence electrons. The number of thiazole rings is 1. The third kappa shape index (κ3) is 4.80. The number of morpholine rings is 1. The number of aliphatic hydroxyl groups is 1. The minimum Gasteiger partial charge on any atom is -0.391 e. The van der Waals surface area contributed by atoms with Gasteiger partial charge in [0.25, 0.3) is 5.91 Å². The molecule has 0 spiro atoms. The van der Waals surface area contributed by atoms with Crippen LogP contribution in [0.3, 0.4) is 0 Å². The first-order valence-corrected chi connectivity index (χ1v) is 13.4. The zero-order chi connectivity index (χ0) is 24.5. The predicted octanol–water partition coefficient (Wildman–Crippen LogP) is 2.13. The van der Waals surface area contributed by atoms with Crippen LogP contribution in [0, 0.1) is 0 Å². The maximum absolute atomic E-state index is 13.3. The van der Waals surface area contributed by atoms with E-state index in [0.29, 0.717) is 50.0 Å². The van der Waals surface area contributed by atoms with Gasteiger partial charge in [0.05, 0.1) is 29.7 Å². The summed E-state index contributed by atoms with van der Waals surface area (Å²) in [5.74, 6) is 0.906. The number of carbonyl (C=O) groups excluding carboxylic acids is 1. The molecule has 0 radical (unpaired) electrons. The number of hydrogen-bond acceptors (Lipinski definition) is 11. The zero-order valence-corrected chi connectivity index (χ0v) is 20.9. The number of ether oxygens (including phenoxy) is 1. The van der Waals surface area contributed by atoms with E-state index in [4.69, 9.17) is 14.7 Å². The highest BCUT2D eigenvalue weighted by Gasteiger charge is 2.25. The standard InChI is InChI=1S/C24H30N8O3S/c33-16-5-9-32(15-16)23-25-6-4-17(27-23)22(34)26-18-14-19-20(28-21(18)30-7-2-1-3-8-30)29-24(36-19)31-10-12-35-13-11-31/h4,6,14,16,33H,1-3,5,7-13,15H2,(H,26,34)/t16-/m1/s1. The van der Waals surface area contributed by atoms with Gasteiger partial charge in [-0.05, 0) is 37.8 Å². The molecule has 6 heterocycles. The lowest BCUT2D eigenvalue weighted by atomic mass is 10.1. The quantitative estimate of drug-likeness (QED) is 0.528. The Morgan fingerprint density at radius 1 is 1.03 bits per heavy atom. The molecule has 12 heteroatoms. The van der Waals surface area contributed by atoms with Crippen LogP contribution in [0.25, 0.3) is 10.3 Å². The van der Waals surface area contributed by atoms with E-state index in [0.717, 1.165) is 54.7 Å². The average molecular weight is 511 g/mol. The minimum atomic E-state index is -0.391. The second-order valence-corrected chi connectivity index (χ2v) is 10.4. The normalized spacial score (nSPS) is 20.8. The van der Waals surface area contributed by atoms with Crippen molar-refractivity contribution in [3.8, 4) is 0 Å². The predicted molar refractivity (Wildman–Crippen MR) is 139 cm³/mol. The average Bonchev–Trinajstić information content (AvgIpc) is 3.55. The van der Waals surface area contributed by atoms with Gasteiger partial charge in [-0.1, -0.05) is 11.3 Å². The summed E-state index contributed by atoms with van der Waals surface area (Å²) in [7, 11) is 0. The van der Waals surface area contributed by atoms with Crippen molar-refractivity contribution < 1.29 is 14.6 Å². The van der Waals surface area contributed by atoms with Gasteiger partial charge in [-0.15, -0.1) is 0 Å². The molecule has 6 rings (SSSR count). The van der Waals surface area contributed by atoms with Crippen LogP contribution in [0.15, 0.2) is 18.3 Å². The second kappa shape index (κ2) is 10.1. The van der Waals surface area contributed by atoms with Crippen LogP contribution in [0.5, 0.6) is 0 Å². The first kappa shape index (κ1) is 23.3. The number of nitrogens with one attached hydrogen (secondary N) is 1. The molecule has 1 amide bonds. The summed E-state index contributed by atoms with van der Waals surface area (Å²) in [5, 5.41) is 13.9. The Balaban J connectivity index is 1.30. The monoisotopic (exact) mass is 510 g/mol. The molecule has 0 saturated carbocycles. The number of aromatic nitrogens is 4. The second-order valence-electron chi connectivity index (χ2n) is 9.41. The first-order chi connectivity index (χ1) is 17.6. The number of fused-ring (bicyclic) bond motifs is 1. The van der Waals surface area contributed by atoms with E-state index in [1.54, 1.807) is 23.6 Å². The van der Waals surface area contributed by atoms with E-state index in [1.807, 2.05) is 11.0 Å². The van der Waals surface area contributed by atoms with Crippen LogP contribution in [0.1, 0.15) is 36.2 Å². The fourth-order valence-electron chi connectivity index (χ4n) is 4.91. The number of carbonyl (C=O) groups is 1. The first-order valence-electron chi connectivity index (χ1n) is 12.6. The summed E-state index contributed by atoms with van der Waals surface area (Å²) in [5.41, 5.74) is 1.66. The maximum Gasteiger partial charge on any atom is 0.274 e. The highest BCUT2D eigenvalue weighted by atomic mass is 32.1. The van der Waals surface area contributed by atoms with Gasteiger partial charge >= 0.3 is 0 Å². The number of hydrogen-bond donors (Lipinski definition) is 2. The zero-order valence-electron chi connectivity index (χ0n) is 20.1. The fraction of sp³-hybridized carbons (Fsp3) is 0.542. The van der Waals surface area contributed by atoms with Crippen molar-refractivity contribution in [1.29, 1.82) is 0 Å². The summed E-state index contributed by atoms with van der Waals surface area (Å²) in [6, 6.07) is 3.60. The van der Waals surface area contributed by atoms with Crippen LogP contribution in [0.4, 0.5) is 22.6 Å². The molecule has 3 aliphatic heterocycles. The molecule has 3 fully saturated rings. The molecule has 2 N–H and O–H groups in total. The van der Waals surface area contributed by atoms with E-state index < -0.39 is 6.10 Å². The van der Waals surface area contributed by atoms with Gasteiger partial charge in [0.15, 0.2) is 16.6 Å². The largest absolute Gasteiger partial charge is 0.391 e. The minimum absolute atomic E-state index is 0.282. The fourth-order valence-corrected chi connectivity index (χ4v) is 5.91. The van der Waals surface area contributed by atoms with Crippen molar-refractivity contribution in [2.45, 2.75) is 31.8 Å². The number of aliphatic hydroxyl groups excluding tert-OH is 1. The van der Waals surface area contributed by atoms with E-state index >= 15 is 0 Å². The molecule has 0 aliphatic carbocycles. The SMILES string of the molecule is O=C(Nc1cc2sc(N3CCOCC3)nc2nc1N1CCCCC1)c1ccnc(N2CC[C@@H](O)C2)n1. The van der Waals surface area contributed by atoms with Crippen molar-refractivity contribution in [2.24, 2.45) is 0 Å². The van der Waals surface area contributed by atoms with Gasteiger partial charge in [0.2, 0.25) is 5.95 Å². The number of amides is 1. The Morgan fingerprint density at radius 2 is 1.86 bits per heavy atom. The number of β-amino-alcohol motifs (C(OH)–C–C–N with tert-alkyl or cyclic N) is 1. The van der Waals surface area contributed by atoms with Crippen LogP contribution in [-0.2, 0) is 4.74 Å². The van der Waals surface area contributed by atoms with Crippen LogP contribution in [0.2, 0.25) is 0 Å². The van der Waals surface area contributed by atoms with Crippen LogP contribution >= 0.6 is 11.3 Å². The Labute approximate surface area is 213 Å². The molecule has 36 heavy (non-hydrogen) atoms. The highest BCUT2D eigenvalue weighted by molar-refractivity contribution is 7.22. The molecule has 3 saturated heterocycles. The topological polar surface area (TPSA) is 120 Å². The number of pyridine rings is 1. The molecule has 0 aromatic carbocycles. The molecule has 0 unspecified atom stereocenters. The van der Waals surface area contributed by atoms with Gasteiger partial charge < -0.3 is 29.9 Å². The summed E-state index contributed by atoms with van der Waals surface area (Å²) in [4.78, 5) is 38.2. The summed E-state index contributed by atoms with van der Waals surface area (Å²) >= 11 is 1.59. The van der Waals surface area contributed by atoms with Crippen molar-refractivity contribution in [3.63, 3.8) is 0 Å². The summed E-state index contributed by atoms with van der Waals surface area (Å²) in [6.07, 6.45) is 5.27. The highest BCUT2D eigenvalue weighted by Crippen LogP contribution is 2.35. The van der Waals surface area contributed by atoms with Crippen molar-refractivity contribution in [1.82, 2.24) is 19.9 Å². The van der Waals surface area contributed by atoms with Crippen molar-refractivity contribution in [2.75, 3.05) is 72.5 Å².